The second-order valence-electron chi connectivity index (χ2n) is 8.39. The van der Waals surface area contributed by atoms with E-state index in [1.807, 2.05) is 16.2 Å². The maximum Gasteiger partial charge on any atom is 0.248 e. The predicted octanol–water partition coefficient (Wildman–Crippen LogP) is 2.67. The molecule has 27 heavy (non-hydrogen) atoms. The largest absolute Gasteiger partial charge is 0.375 e. The Balaban J connectivity index is 1.36. The Morgan fingerprint density at radius 2 is 2.26 bits per heavy atom. The molecule has 1 aromatic rings. The van der Waals surface area contributed by atoms with E-state index in [-0.39, 0.29) is 18.1 Å². The van der Waals surface area contributed by atoms with E-state index < -0.39 is 0 Å². The molecule has 0 N–H and O–H groups in total. The number of aryl methyl sites for hydroxylation is 1. The number of methoxy groups -OCH3 is 1. The van der Waals surface area contributed by atoms with Gasteiger partial charge in [0.1, 0.15) is 6.61 Å². The number of carbonyl (C=O) groups is 1. The van der Waals surface area contributed by atoms with Crippen molar-refractivity contribution < 1.29 is 14.3 Å². The fraction of sp³-hybridized carbons (Fsp3) is 0.762. The van der Waals surface area contributed by atoms with Gasteiger partial charge in [-0.05, 0) is 37.8 Å². The average Bonchev–Trinajstić information content (AvgIpc) is 3.05. The third kappa shape index (κ3) is 3.69. The number of rotatable bonds is 5. The van der Waals surface area contributed by atoms with E-state index >= 15 is 0 Å². The van der Waals surface area contributed by atoms with Gasteiger partial charge in [0.05, 0.1) is 12.2 Å². The molecule has 1 unspecified atom stereocenters. The lowest BCUT2D eigenvalue weighted by Gasteiger charge is -2.49. The molecule has 3 aliphatic rings. The zero-order valence-corrected chi connectivity index (χ0v) is 17.6. The minimum atomic E-state index is -0.0620. The van der Waals surface area contributed by atoms with Crippen molar-refractivity contribution in [2.24, 2.45) is 5.92 Å². The van der Waals surface area contributed by atoms with Gasteiger partial charge in [0.25, 0.3) is 0 Å². The first-order valence-electron chi connectivity index (χ1n) is 10.3. The number of fused-ring (bicyclic) bond motifs is 2. The van der Waals surface area contributed by atoms with Crippen molar-refractivity contribution in [2.75, 3.05) is 46.5 Å². The molecule has 1 amide bonds. The molecule has 2 fully saturated rings. The number of piperidine rings is 1. The smallest absolute Gasteiger partial charge is 0.248 e. The van der Waals surface area contributed by atoms with Gasteiger partial charge < -0.3 is 19.3 Å². The van der Waals surface area contributed by atoms with Crippen molar-refractivity contribution in [1.29, 1.82) is 0 Å². The van der Waals surface area contributed by atoms with Crippen LogP contribution in [-0.4, -0.2) is 68.3 Å². The Labute approximate surface area is 166 Å². The maximum atomic E-state index is 11.8. The van der Waals surface area contributed by atoms with Crippen LogP contribution in [0, 0.1) is 5.92 Å². The summed E-state index contributed by atoms with van der Waals surface area (Å²) in [6.07, 6.45) is 4.37. The topological polar surface area (TPSA) is 42.0 Å². The summed E-state index contributed by atoms with van der Waals surface area (Å²) in [7, 11) is 1.58. The van der Waals surface area contributed by atoms with Gasteiger partial charge in [0.15, 0.2) is 0 Å². The van der Waals surface area contributed by atoms with E-state index in [2.05, 4.69) is 24.8 Å². The van der Waals surface area contributed by atoms with Crippen molar-refractivity contribution >= 4 is 17.2 Å². The van der Waals surface area contributed by atoms with Crippen LogP contribution in [0.4, 0.5) is 0 Å². The monoisotopic (exact) mass is 392 g/mol. The highest BCUT2D eigenvalue weighted by atomic mass is 32.1. The lowest BCUT2D eigenvalue weighted by molar-refractivity contribution is -0.143. The molecule has 3 aliphatic heterocycles. The van der Waals surface area contributed by atoms with Crippen molar-refractivity contribution in [2.45, 2.75) is 51.2 Å². The summed E-state index contributed by atoms with van der Waals surface area (Å²) in [4.78, 5) is 19.4. The fourth-order valence-electron chi connectivity index (χ4n) is 4.98. The van der Waals surface area contributed by atoms with Crippen molar-refractivity contribution in [1.82, 2.24) is 9.80 Å². The minimum absolute atomic E-state index is 0.0620. The molecule has 0 saturated carbocycles. The van der Waals surface area contributed by atoms with E-state index in [9.17, 15) is 4.79 Å². The van der Waals surface area contributed by atoms with E-state index in [1.54, 1.807) is 12.0 Å². The summed E-state index contributed by atoms with van der Waals surface area (Å²) in [5.74, 6) is 0.713. The number of thiophene rings is 1. The number of likely N-dealkylation sites (tertiary alicyclic amines) is 2. The SMILES string of the molecule is CCc1cc2c(s1)CCOC21CCN(CC2CN(C(=O)COC)C2)[C@@H](C)C1. The second-order valence-corrected chi connectivity index (χ2v) is 9.61. The number of amides is 1. The molecule has 1 spiro atoms. The van der Waals surface area contributed by atoms with Crippen LogP contribution in [0.25, 0.3) is 0 Å². The lowest BCUT2D eigenvalue weighted by Crippen LogP contribution is -2.58. The Morgan fingerprint density at radius 1 is 1.44 bits per heavy atom. The summed E-state index contributed by atoms with van der Waals surface area (Å²) in [5, 5.41) is 0. The molecule has 2 saturated heterocycles. The van der Waals surface area contributed by atoms with Crippen LogP contribution in [0.2, 0.25) is 0 Å². The average molecular weight is 393 g/mol. The van der Waals surface area contributed by atoms with Gasteiger partial charge in [-0.2, -0.15) is 0 Å². The van der Waals surface area contributed by atoms with Crippen LogP contribution >= 0.6 is 11.3 Å². The standard InChI is InChI=1S/C21H32N2O3S/c1-4-17-9-18-19(27-17)5-8-26-21(18)6-7-22(15(2)10-21)11-16-12-23(13-16)20(24)14-25-3/h9,15-16H,4-8,10-14H2,1-3H3/t15-,21?/m0/s1. The summed E-state index contributed by atoms with van der Waals surface area (Å²) < 4.78 is 11.4. The number of hydrogen-bond donors (Lipinski definition) is 0. The minimum Gasteiger partial charge on any atom is -0.375 e. The number of hydrogen-bond acceptors (Lipinski definition) is 5. The van der Waals surface area contributed by atoms with E-state index in [0.717, 1.165) is 58.5 Å². The highest BCUT2D eigenvalue weighted by Gasteiger charge is 2.45. The van der Waals surface area contributed by atoms with Gasteiger partial charge in [-0.25, -0.2) is 0 Å². The molecular formula is C21H32N2O3S. The molecule has 4 rings (SSSR count). The molecule has 1 aromatic heterocycles. The zero-order chi connectivity index (χ0) is 19.0. The van der Waals surface area contributed by atoms with Gasteiger partial charge in [-0.3, -0.25) is 4.79 Å². The van der Waals surface area contributed by atoms with E-state index in [0.29, 0.717) is 12.0 Å². The molecule has 0 aromatic carbocycles. The van der Waals surface area contributed by atoms with Crippen molar-refractivity contribution in [3.63, 3.8) is 0 Å². The highest BCUT2D eigenvalue weighted by molar-refractivity contribution is 7.12. The first kappa shape index (κ1) is 19.4. The number of ether oxygens (including phenoxy) is 2. The van der Waals surface area contributed by atoms with Gasteiger partial charge in [0.2, 0.25) is 5.91 Å². The van der Waals surface area contributed by atoms with Crippen LogP contribution in [0.3, 0.4) is 0 Å². The normalized spacial score (nSPS) is 29.0. The molecule has 4 heterocycles. The van der Waals surface area contributed by atoms with E-state index in [1.165, 1.54) is 10.4 Å². The number of carbonyl (C=O) groups excluding carboxylic acids is 1. The highest BCUT2D eigenvalue weighted by Crippen LogP contribution is 2.46. The second kappa shape index (κ2) is 7.82. The van der Waals surface area contributed by atoms with Crippen molar-refractivity contribution in [3.8, 4) is 0 Å². The molecule has 0 bridgehead atoms. The fourth-order valence-corrected chi connectivity index (χ4v) is 6.16. The van der Waals surface area contributed by atoms with Crippen LogP contribution in [0.5, 0.6) is 0 Å². The van der Waals surface area contributed by atoms with Gasteiger partial charge in [0, 0.05) is 61.4 Å². The molecule has 5 nitrogen and oxygen atoms in total. The summed E-state index contributed by atoms with van der Waals surface area (Å²) in [5.41, 5.74) is 1.43. The van der Waals surface area contributed by atoms with Crippen LogP contribution in [-0.2, 0) is 32.7 Å². The van der Waals surface area contributed by atoms with Crippen molar-refractivity contribution in [3.05, 3.63) is 21.4 Å². The molecule has 6 heteroatoms. The number of nitrogens with zero attached hydrogens (tertiary/aromatic N) is 2. The quantitative estimate of drug-likeness (QED) is 0.773. The maximum absolute atomic E-state index is 11.8. The third-order valence-electron chi connectivity index (χ3n) is 6.53. The van der Waals surface area contributed by atoms with Crippen LogP contribution in [0.15, 0.2) is 6.07 Å². The third-order valence-corrected chi connectivity index (χ3v) is 7.87. The van der Waals surface area contributed by atoms with Gasteiger partial charge >= 0.3 is 0 Å². The Hall–Kier alpha value is -0.950. The molecule has 0 aliphatic carbocycles. The summed E-state index contributed by atoms with van der Waals surface area (Å²) >= 11 is 1.99. The lowest BCUT2D eigenvalue weighted by atomic mass is 9.79. The molecule has 0 radical (unpaired) electrons. The Kier molecular flexibility index (Phi) is 5.61. The zero-order valence-electron chi connectivity index (χ0n) is 16.8. The summed E-state index contributed by atoms with van der Waals surface area (Å²) in [6.45, 7) is 9.58. The van der Waals surface area contributed by atoms with Crippen LogP contribution < -0.4 is 0 Å². The van der Waals surface area contributed by atoms with E-state index in [4.69, 9.17) is 9.47 Å². The predicted molar refractivity (Wildman–Crippen MR) is 107 cm³/mol. The first-order valence-corrected chi connectivity index (χ1v) is 11.1. The molecular weight excluding hydrogens is 360 g/mol. The summed E-state index contributed by atoms with van der Waals surface area (Å²) in [6, 6.07) is 2.94. The Morgan fingerprint density at radius 3 is 2.96 bits per heavy atom. The molecule has 2 atom stereocenters. The molecule has 150 valence electrons. The van der Waals surface area contributed by atoms with Crippen LogP contribution in [0.1, 0.15) is 42.0 Å². The first-order chi connectivity index (χ1) is 13.0. The van der Waals surface area contributed by atoms with Gasteiger partial charge in [-0.1, -0.05) is 6.92 Å². The van der Waals surface area contributed by atoms with Gasteiger partial charge in [-0.15, -0.1) is 11.3 Å². The Bertz CT molecular complexity index is 685.